The second-order valence-corrected chi connectivity index (χ2v) is 9.00. The van der Waals surface area contributed by atoms with Crippen molar-refractivity contribution in [1.29, 1.82) is 0 Å². The topological polar surface area (TPSA) is 62.8 Å². The first-order valence-electron chi connectivity index (χ1n) is 11.9. The van der Waals surface area contributed by atoms with Crippen LogP contribution in [0.3, 0.4) is 0 Å². The number of carbonyl (C=O) groups excluding carboxylic acids is 1. The Morgan fingerprint density at radius 2 is 1.66 bits per heavy atom. The van der Waals surface area contributed by atoms with E-state index in [4.69, 9.17) is 9.47 Å². The van der Waals surface area contributed by atoms with E-state index < -0.39 is 0 Å². The number of fused-ring (bicyclic) bond motifs is 1. The van der Waals surface area contributed by atoms with Gasteiger partial charge in [-0.25, -0.2) is 0 Å². The van der Waals surface area contributed by atoms with Crippen molar-refractivity contribution in [1.82, 2.24) is 5.32 Å². The lowest BCUT2D eigenvalue weighted by Gasteiger charge is -2.28. The summed E-state index contributed by atoms with van der Waals surface area (Å²) in [6.45, 7) is 8.12. The molecule has 1 amide bonds. The van der Waals surface area contributed by atoms with Gasteiger partial charge in [0.1, 0.15) is 0 Å². The largest absolute Gasteiger partial charge is 0.490 e. The Kier molecular flexibility index (Phi) is 7.53. The fourth-order valence-electron chi connectivity index (χ4n) is 4.43. The molecule has 2 N–H and O–H groups in total. The third-order valence-corrected chi connectivity index (χ3v) is 6.15. The Bertz CT molecular complexity index is 892. The number of piperidine rings is 1. The minimum atomic E-state index is -0.0456. The van der Waals surface area contributed by atoms with E-state index in [0.717, 1.165) is 42.3 Å². The van der Waals surface area contributed by atoms with Crippen molar-refractivity contribution in [2.24, 2.45) is 5.92 Å². The lowest BCUT2D eigenvalue weighted by atomic mass is 9.95. The average molecular weight is 438 g/mol. The molecule has 2 aromatic carbocycles. The second-order valence-electron chi connectivity index (χ2n) is 9.00. The van der Waals surface area contributed by atoms with Crippen LogP contribution in [-0.4, -0.2) is 38.8 Å². The summed E-state index contributed by atoms with van der Waals surface area (Å²) in [6, 6.07) is 14.3. The molecule has 1 atom stereocenters. The quantitative estimate of drug-likeness (QED) is 0.654. The Labute approximate surface area is 191 Å². The number of hydrogen-bond acceptors (Lipinski definition) is 5. The van der Waals surface area contributed by atoms with Gasteiger partial charge >= 0.3 is 0 Å². The van der Waals surface area contributed by atoms with Crippen LogP contribution in [0.2, 0.25) is 0 Å². The summed E-state index contributed by atoms with van der Waals surface area (Å²) >= 11 is 0. The second kappa shape index (κ2) is 10.7. The molecule has 2 aliphatic rings. The van der Waals surface area contributed by atoms with Gasteiger partial charge in [0.2, 0.25) is 5.91 Å². The van der Waals surface area contributed by atoms with Crippen molar-refractivity contribution >= 4 is 17.3 Å². The number of hydrogen-bond donors (Lipinski definition) is 2. The minimum Gasteiger partial charge on any atom is -0.490 e. The van der Waals surface area contributed by atoms with Crippen LogP contribution in [-0.2, 0) is 4.79 Å². The molecule has 6 heteroatoms. The monoisotopic (exact) mass is 437 g/mol. The molecule has 2 heterocycles. The smallest absolute Gasteiger partial charge is 0.238 e. The van der Waals surface area contributed by atoms with Crippen LogP contribution in [0.15, 0.2) is 42.5 Å². The average Bonchev–Trinajstić information content (AvgIpc) is 3.05. The molecule has 2 aliphatic heterocycles. The number of nitrogens with zero attached hydrogens (tertiary/aromatic N) is 1. The van der Waals surface area contributed by atoms with Gasteiger partial charge in [-0.1, -0.05) is 19.9 Å². The maximum absolute atomic E-state index is 12.6. The fourth-order valence-corrected chi connectivity index (χ4v) is 4.43. The molecule has 32 heavy (non-hydrogen) atoms. The van der Waals surface area contributed by atoms with Crippen molar-refractivity contribution < 1.29 is 14.3 Å². The lowest BCUT2D eigenvalue weighted by molar-refractivity contribution is -0.115. The van der Waals surface area contributed by atoms with Gasteiger partial charge in [-0.15, -0.1) is 0 Å². The molecule has 0 aliphatic carbocycles. The van der Waals surface area contributed by atoms with Crippen LogP contribution in [0.5, 0.6) is 11.5 Å². The molecule has 6 nitrogen and oxygen atoms in total. The molecule has 1 fully saturated rings. The molecule has 0 bridgehead atoms. The summed E-state index contributed by atoms with van der Waals surface area (Å²) in [5, 5.41) is 6.44. The van der Waals surface area contributed by atoms with E-state index in [-0.39, 0.29) is 18.5 Å². The van der Waals surface area contributed by atoms with Gasteiger partial charge < -0.3 is 25.0 Å². The summed E-state index contributed by atoms with van der Waals surface area (Å²) in [6.07, 6.45) is 4.71. The molecule has 2 aromatic rings. The van der Waals surface area contributed by atoms with Gasteiger partial charge in [-0.3, -0.25) is 4.79 Å². The number of rotatable bonds is 7. The molecular formula is C26H35N3O3. The fraction of sp³-hybridized carbons (Fsp3) is 0.500. The van der Waals surface area contributed by atoms with Crippen LogP contribution in [0.1, 0.15) is 51.1 Å². The van der Waals surface area contributed by atoms with Gasteiger partial charge in [-0.05, 0) is 67.1 Å². The zero-order valence-corrected chi connectivity index (χ0v) is 19.2. The van der Waals surface area contributed by atoms with Crippen LogP contribution in [0.25, 0.3) is 0 Å². The van der Waals surface area contributed by atoms with Gasteiger partial charge in [0.15, 0.2) is 11.5 Å². The molecule has 0 aromatic heterocycles. The summed E-state index contributed by atoms with van der Waals surface area (Å²) < 4.78 is 11.6. The van der Waals surface area contributed by atoms with Crippen molar-refractivity contribution in [3.05, 3.63) is 48.0 Å². The maximum atomic E-state index is 12.6. The number of anilines is 2. The van der Waals surface area contributed by atoms with E-state index in [9.17, 15) is 4.79 Å². The highest BCUT2D eigenvalue weighted by Gasteiger charge is 2.20. The molecule has 0 saturated carbocycles. The maximum Gasteiger partial charge on any atom is 0.238 e. The molecule has 0 spiro atoms. The third kappa shape index (κ3) is 5.74. The Balaban J connectivity index is 1.34. The first-order valence-corrected chi connectivity index (χ1v) is 11.9. The summed E-state index contributed by atoms with van der Waals surface area (Å²) in [5.41, 5.74) is 3.16. The summed E-state index contributed by atoms with van der Waals surface area (Å²) in [4.78, 5) is 15.0. The zero-order valence-electron chi connectivity index (χ0n) is 19.2. The van der Waals surface area contributed by atoms with E-state index in [2.05, 4.69) is 47.6 Å². The molecule has 172 valence electrons. The predicted molar refractivity (Wildman–Crippen MR) is 129 cm³/mol. The highest BCUT2D eigenvalue weighted by Crippen LogP contribution is 2.34. The standard InChI is InChI=1S/C26H35N3O3/c1-19(2)26(20-7-12-23-24(17-20)32-16-6-15-31-23)27-18-25(30)28-21-8-10-22(11-9-21)29-13-4-3-5-14-29/h7-12,17,19,26-27H,3-6,13-16,18H2,1-2H3,(H,28,30)/t26-/m0/s1. The normalized spacial score (nSPS) is 17.0. The van der Waals surface area contributed by atoms with Crippen molar-refractivity contribution in [3.63, 3.8) is 0 Å². The molecule has 0 radical (unpaired) electrons. The summed E-state index contributed by atoms with van der Waals surface area (Å²) in [5.74, 6) is 1.84. The first kappa shape index (κ1) is 22.5. The van der Waals surface area contributed by atoms with E-state index in [1.54, 1.807) is 0 Å². The molecule has 4 rings (SSSR count). The van der Waals surface area contributed by atoms with Crippen LogP contribution in [0, 0.1) is 5.92 Å². The summed E-state index contributed by atoms with van der Waals surface area (Å²) in [7, 11) is 0. The van der Waals surface area contributed by atoms with E-state index in [1.807, 2.05) is 24.3 Å². The number of ether oxygens (including phenoxy) is 2. The van der Waals surface area contributed by atoms with Crippen molar-refractivity contribution in [2.45, 2.75) is 45.6 Å². The van der Waals surface area contributed by atoms with Gasteiger partial charge in [-0.2, -0.15) is 0 Å². The highest BCUT2D eigenvalue weighted by atomic mass is 16.5. The molecule has 1 saturated heterocycles. The number of nitrogens with one attached hydrogen (secondary N) is 2. The number of benzene rings is 2. The SMILES string of the molecule is CC(C)[C@H](NCC(=O)Nc1ccc(N2CCCCC2)cc1)c1ccc2c(c1)OCCCO2. The molecular weight excluding hydrogens is 402 g/mol. The van der Waals surface area contributed by atoms with Crippen molar-refractivity contribution in [2.75, 3.05) is 43.1 Å². The van der Waals surface area contributed by atoms with E-state index >= 15 is 0 Å². The Morgan fingerprint density at radius 3 is 2.38 bits per heavy atom. The van der Waals surface area contributed by atoms with E-state index in [1.165, 1.54) is 24.9 Å². The predicted octanol–water partition coefficient (Wildman–Crippen LogP) is 4.76. The Morgan fingerprint density at radius 1 is 0.938 bits per heavy atom. The third-order valence-electron chi connectivity index (χ3n) is 6.15. The zero-order chi connectivity index (χ0) is 22.3. The van der Waals surface area contributed by atoms with Crippen LogP contribution >= 0.6 is 0 Å². The van der Waals surface area contributed by atoms with Gasteiger partial charge in [0.25, 0.3) is 0 Å². The van der Waals surface area contributed by atoms with Gasteiger partial charge in [0, 0.05) is 36.9 Å². The Hall–Kier alpha value is -2.73. The van der Waals surface area contributed by atoms with Crippen LogP contribution < -0.4 is 25.0 Å². The number of carbonyl (C=O) groups is 1. The van der Waals surface area contributed by atoms with Crippen molar-refractivity contribution in [3.8, 4) is 11.5 Å². The van der Waals surface area contributed by atoms with E-state index in [0.29, 0.717) is 19.1 Å². The highest BCUT2D eigenvalue weighted by molar-refractivity contribution is 5.92. The molecule has 0 unspecified atom stereocenters. The van der Waals surface area contributed by atoms with Crippen LogP contribution in [0.4, 0.5) is 11.4 Å². The number of amides is 1. The lowest BCUT2D eigenvalue weighted by Crippen LogP contribution is -2.33. The van der Waals surface area contributed by atoms with Gasteiger partial charge in [0.05, 0.1) is 19.8 Å². The minimum absolute atomic E-state index is 0.0411. The first-order chi connectivity index (χ1) is 15.6.